The Morgan fingerprint density at radius 3 is 2.30 bits per heavy atom. The molecule has 0 saturated carbocycles. The molecule has 0 aromatic heterocycles. The van der Waals surface area contributed by atoms with E-state index in [9.17, 15) is 9.59 Å². The van der Waals surface area contributed by atoms with Gasteiger partial charge in [-0.05, 0) is 61.2 Å². The first-order valence-corrected chi connectivity index (χ1v) is 9.06. The molecule has 2 aromatic rings. The molecule has 0 spiro atoms. The number of hydrogen-bond acceptors (Lipinski definition) is 4. The summed E-state index contributed by atoms with van der Waals surface area (Å²) in [7, 11) is 0. The summed E-state index contributed by atoms with van der Waals surface area (Å²) < 4.78 is 11.5. The molecule has 0 aliphatic rings. The topological polar surface area (TPSA) is 64.6 Å². The Morgan fingerprint density at radius 1 is 1.00 bits per heavy atom. The Balaban J connectivity index is 1.99. The fourth-order valence-corrected chi connectivity index (χ4v) is 2.85. The van der Waals surface area contributed by atoms with Crippen molar-refractivity contribution >= 4 is 17.4 Å². The molecule has 0 bridgehead atoms. The summed E-state index contributed by atoms with van der Waals surface area (Å²) in [5.74, 6) is 1.45. The van der Waals surface area contributed by atoms with Crippen molar-refractivity contribution in [1.29, 1.82) is 0 Å². The van der Waals surface area contributed by atoms with Gasteiger partial charge in [0.25, 0.3) is 0 Å². The Labute approximate surface area is 160 Å². The Bertz CT molecular complexity index is 827. The summed E-state index contributed by atoms with van der Waals surface area (Å²) in [6.07, 6.45) is 0. The third-order valence-electron chi connectivity index (χ3n) is 4.17. The second kappa shape index (κ2) is 9.21. The molecule has 1 N–H and O–H groups in total. The zero-order valence-corrected chi connectivity index (χ0v) is 16.6. The minimum absolute atomic E-state index is 0.0637. The molecule has 0 unspecified atom stereocenters. The SMILES string of the molecule is CC(=O)Nc1ccc(C(C)=O)cc1OCCOc1ccc(C(C)C)c(C)c1. The van der Waals surface area contributed by atoms with Crippen LogP contribution in [0.4, 0.5) is 5.69 Å². The molecule has 27 heavy (non-hydrogen) atoms. The van der Waals surface area contributed by atoms with Gasteiger partial charge in [0.1, 0.15) is 24.7 Å². The van der Waals surface area contributed by atoms with Crippen LogP contribution in [0.3, 0.4) is 0 Å². The lowest BCUT2D eigenvalue weighted by Crippen LogP contribution is -2.13. The molecule has 1 amide bonds. The zero-order valence-electron chi connectivity index (χ0n) is 16.6. The van der Waals surface area contributed by atoms with Crippen LogP contribution in [0, 0.1) is 6.92 Å². The summed E-state index contributed by atoms with van der Waals surface area (Å²) in [5.41, 5.74) is 3.56. The minimum Gasteiger partial charge on any atom is -0.490 e. The van der Waals surface area contributed by atoms with E-state index in [1.165, 1.54) is 25.0 Å². The van der Waals surface area contributed by atoms with Crippen molar-refractivity contribution in [2.45, 2.75) is 40.5 Å². The number of amides is 1. The van der Waals surface area contributed by atoms with E-state index in [0.717, 1.165) is 5.75 Å². The molecule has 5 heteroatoms. The van der Waals surface area contributed by atoms with E-state index in [-0.39, 0.29) is 11.7 Å². The lowest BCUT2D eigenvalue weighted by molar-refractivity contribution is -0.114. The van der Waals surface area contributed by atoms with Gasteiger partial charge in [0.05, 0.1) is 5.69 Å². The first-order chi connectivity index (χ1) is 12.8. The fourth-order valence-electron chi connectivity index (χ4n) is 2.85. The highest BCUT2D eigenvalue weighted by molar-refractivity contribution is 5.96. The number of aryl methyl sites for hydroxylation is 1. The van der Waals surface area contributed by atoms with Gasteiger partial charge >= 0.3 is 0 Å². The highest BCUT2D eigenvalue weighted by atomic mass is 16.5. The van der Waals surface area contributed by atoms with Crippen molar-refractivity contribution in [3.05, 3.63) is 53.1 Å². The van der Waals surface area contributed by atoms with Crippen LogP contribution < -0.4 is 14.8 Å². The van der Waals surface area contributed by atoms with Crippen molar-refractivity contribution in [3.63, 3.8) is 0 Å². The largest absolute Gasteiger partial charge is 0.490 e. The first kappa shape index (κ1) is 20.5. The van der Waals surface area contributed by atoms with Crippen molar-refractivity contribution in [3.8, 4) is 11.5 Å². The van der Waals surface area contributed by atoms with Crippen molar-refractivity contribution < 1.29 is 19.1 Å². The summed E-state index contributed by atoms with van der Waals surface area (Å²) in [6.45, 7) is 9.96. The summed E-state index contributed by atoms with van der Waals surface area (Å²) in [4.78, 5) is 22.9. The van der Waals surface area contributed by atoms with Crippen LogP contribution in [0.1, 0.15) is 55.1 Å². The lowest BCUT2D eigenvalue weighted by Gasteiger charge is -2.15. The first-order valence-electron chi connectivity index (χ1n) is 9.06. The average Bonchev–Trinajstić information content (AvgIpc) is 2.59. The van der Waals surface area contributed by atoms with Gasteiger partial charge in [0.15, 0.2) is 5.78 Å². The molecular weight excluding hydrogens is 342 g/mol. The lowest BCUT2D eigenvalue weighted by atomic mass is 9.98. The van der Waals surface area contributed by atoms with E-state index >= 15 is 0 Å². The Kier molecular flexibility index (Phi) is 6.99. The van der Waals surface area contributed by atoms with E-state index in [4.69, 9.17) is 9.47 Å². The number of rotatable bonds is 8. The molecule has 0 radical (unpaired) electrons. The average molecular weight is 369 g/mol. The van der Waals surface area contributed by atoms with E-state index in [0.29, 0.717) is 36.1 Å². The standard InChI is InChI=1S/C22H27NO4/c1-14(2)20-8-7-19(12-15(20)3)26-10-11-27-22-13-18(16(4)24)6-9-21(22)23-17(5)25/h6-9,12-14H,10-11H2,1-5H3,(H,23,25). The molecule has 0 atom stereocenters. The van der Waals surface area contributed by atoms with Gasteiger partial charge in [-0.3, -0.25) is 9.59 Å². The summed E-state index contributed by atoms with van der Waals surface area (Å²) >= 11 is 0. The quantitative estimate of drug-likeness (QED) is 0.539. The third-order valence-corrected chi connectivity index (χ3v) is 4.17. The number of hydrogen-bond donors (Lipinski definition) is 1. The molecule has 0 aliphatic heterocycles. The van der Waals surface area contributed by atoms with Crippen molar-refractivity contribution in [1.82, 2.24) is 0 Å². The maximum Gasteiger partial charge on any atom is 0.221 e. The number of Topliss-reactive ketones (excluding diaryl/α,β-unsaturated/α-hetero) is 1. The normalized spacial score (nSPS) is 10.6. The number of nitrogens with one attached hydrogen (secondary N) is 1. The van der Waals surface area contributed by atoms with Crippen LogP contribution >= 0.6 is 0 Å². The van der Waals surface area contributed by atoms with Crippen LogP contribution in [0.15, 0.2) is 36.4 Å². The van der Waals surface area contributed by atoms with Gasteiger partial charge in [0, 0.05) is 12.5 Å². The Hall–Kier alpha value is -2.82. The molecule has 0 aliphatic carbocycles. The number of anilines is 1. The molecule has 0 fully saturated rings. The summed E-state index contributed by atoms with van der Waals surface area (Å²) in [6, 6.07) is 11.0. The molecular formula is C22H27NO4. The third kappa shape index (κ3) is 5.84. The fraction of sp³-hybridized carbons (Fsp3) is 0.364. The molecule has 5 nitrogen and oxygen atoms in total. The maximum absolute atomic E-state index is 11.6. The number of benzene rings is 2. The van der Waals surface area contributed by atoms with E-state index in [2.05, 4.69) is 32.2 Å². The second-order valence-corrected chi connectivity index (χ2v) is 6.82. The zero-order chi connectivity index (χ0) is 20.0. The molecule has 0 saturated heterocycles. The van der Waals surface area contributed by atoms with Gasteiger partial charge in [0.2, 0.25) is 5.91 Å². The monoisotopic (exact) mass is 369 g/mol. The van der Waals surface area contributed by atoms with E-state index in [1.54, 1.807) is 18.2 Å². The van der Waals surface area contributed by atoms with Crippen molar-refractivity contribution in [2.75, 3.05) is 18.5 Å². The number of ether oxygens (including phenoxy) is 2. The summed E-state index contributed by atoms with van der Waals surface area (Å²) in [5, 5.41) is 2.71. The predicted molar refractivity (Wildman–Crippen MR) is 107 cm³/mol. The van der Waals surface area contributed by atoms with Crippen molar-refractivity contribution in [2.24, 2.45) is 0 Å². The minimum atomic E-state index is -0.201. The van der Waals surface area contributed by atoms with Gasteiger partial charge < -0.3 is 14.8 Å². The number of carbonyl (C=O) groups is 2. The van der Waals surface area contributed by atoms with Crippen LogP contribution in [-0.2, 0) is 4.79 Å². The van der Waals surface area contributed by atoms with Crippen LogP contribution in [0.2, 0.25) is 0 Å². The molecule has 0 heterocycles. The van der Waals surface area contributed by atoms with Gasteiger partial charge in [-0.25, -0.2) is 0 Å². The smallest absolute Gasteiger partial charge is 0.221 e. The highest BCUT2D eigenvalue weighted by Gasteiger charge is 2.10. The maximum atomic E-state index is 11.6. The van der Waals surface area contributed by atoms with Gasteiger partial charge in [-0.1, -0.05) is 19.9 Å². The van der Waals surface area contributed by atoms with Gasteiger partial charge in [-0.2, -0.15) is 0 Å². The molecule has 2 aromatic carbocycles. The van der Waals surface area contributed by atoms with Crippen LogP contribution in [-0.4, -0.2) is 24.9 Å². The highest BCUT2D eigenvalue weighted by Crippen LogP contribution is 2.27. The Morgan fingerprint density at radius 2 is 1.70 bits per heavy atom. The molecule has 144 valence electrons. The van der Waals surface area contributed by atoms with Crippen LogP contribution in [0.5, 0.6) is 11.5 Å². The predicted octanol–water partition coefficient (Wildman–Crippen LogP) is 4.74. The van der Waals surface area contributed by atoms with E-state index < -0.39 is 0 Å². The molecule has 2 rings (SSSR count). The van der Waals surface area contributed by atoms with Gasteiger partial charge in [-0.15, -0.1) is 0 Å². The van der Waals surface area contributed by atoms with E-state index in [1.807, 2.05) is 12.1 Å². The second-order valence-electron chi connectivity index (χ2n) is 6.82. The number of carbonyl (C=O) groups excluding carboxylic acids is 2. The van der Waals surface area contributed by atoms with Crippen LogP contribution in [0.25, 0.3) is 0 Å². The number of ketones is 1.